The highest BCUT2D eigenvalue weighted by atomic mass is 16.2. The molecule has 0 atom stereocenters. The van der Waals surface area contributed by atoms with Crippen molar-refractivity contribution in [3.63, 3.8) is 0 Å². The van der Waals surface area contributed by atoms with Gasteiger partial charge in [-0.05, 0) is 50.5 Å². The molecule has 1 aliphatic rings. The summed E-state index contributed by atoms with van der Waals surface area (Å²) < 4.78 is 1.88. The molecule has 5 nitrogen and oxygen atoms in total. The molecule has 25 heavy (non-hydrogen) atoms. The molecular formula is C20H22N4O. The van der Waals surface area contributed by atoms with Crippen molar-refractivity contribution in [2.45, 2.75) is 33.7 Å². The summed E-state index contributed by atoms with van der Waals surface area (Å²) >= 11 is 0. The molecule has 0 saturated heterocycles. The van der Waals surface area contributed by atoms with Crippen LogP contribution in [-0.4, -0.2) is 33.7 Å². The first-order valence-electron chi connectivity index (χ1n) is 8.58. The summed E-state index contributed by atoms with van der Waals surface area (Å²) in [6.07, 6.45) is 2.93. The van der Waals surface area contributed by atoms with E-state index in [0.717, 1.165) is 35.5 Å². The smallest absolute Gasteiger partial charge is 0.257 e. The fraction of sp³-hybridized carbons (Fsp3) is 0.350. The van der Waals surface area contributed by atoms with Crippen LogP contribution in [0.15, 0.2) is 30.3 Å². The minimum absolute atomic E-state index is 0.0600. The quantitative estimate of drug-likeness (QED) is 0.865. The van der Waals surface area contributed by atoms with Crippen LogP contribution in [0.3, 0.4) is 0 Å². The number of amides is 1. The van der Waals surface area contributed by atoms with Gasteiger partial charge in [-0.1, -0.05) is 18.2 Å². The molecule has 1 aromatic carbocycles. The van der Waals surface area contributed by atoms with Crippen LogP contribution in [0, 0.1) is 25.2 Å². The molecule has 1 amide bonds. The second-order valence-corrected chi connectivity index (χ2v) is 6.28. The third kappa shape index (κ3) is 3.20. The second kappa shape index (κ2) is 6.94. The van der Waals surface area contributed by atoms with E-state index in [1.165, 1.54) is 5.57 Å². The molecule has 0 radical (unpaired) electrons. The van der Waals surface area contributed by atoms with E-state index in [2.05, 4.69) is 17.2 Å². The first-order chi connectivity index (χ1) is 12.0. The molecule has 0 bridgehead atoms. The fourth-order valence-electron chi connectivity index (χ4n) is 3.35. The number of hydrogen-bond acceptors (Lipinski definition) is 3. The number of benzene rings is 1. The van der Waals surface area contributed by atoms with Crippen LogP contribution in [0.5, 0.6) is 0 Å². The summed E-state index contributed by atoms with van der Waals surface area (Å²) in [7, 11) is 0. The molecule has 3 rings (SSSR count). The van der Waals surface area contributed by atoms with Crippen molar-refractivity contribution >= 4 is 11.5 Å². The minimum Gasteiger partial charge on any atom is -0.334 e. The lowest BCUT2D eigenvalue weighted by Gasteiger charge is -2.27. The lowest BCUT2D eigenvalue weighted by Crippen LogP contribution is -2.35. The van der Waals surface area contributed by atoms with Gasteiger partial charge in [0.2, 0.25) is 0 Å². The van der Waals surface area contributed by atoms with Crippen molar-refractivity contribution in [3.05, 3.63) is 58.4 Å². The molecule has 2 heterocycles. The summed E-state index contributed by atoms with van der Waals surface area (Å²) in [5.74, 6) is 0.0600. The third-order valence-electron chi connectivity index (χ3n) is 4.78. The predicted molar refractivity (Wildman–Crippen MR) is 97.0 cm³/mol. The average molecular weight is 334 g/mol. The topological polar surface area (TPSA) is 61.9 Å². The molecule has 0 N–H and O–H groups in total. The van der Waals surface area contributed by atoms with Crippen molar-refractivity contribution in [3.8, 4) is 6.07 Å². The van der Waals surface area contributed by atoms with Gasteiger partial charge in [-0.15, -0.1) is 0 Å². The van der Waals surface area contributed by atoms with Crippen LogP contribution in [0.25, 0.3) is 5.57 Å². The van der Waals surface area contributed by atoms with Crippen molar-refractivity contribution in [1.82, 2.24) is 14.7 Å². The molecule has 0 aliphatic carbocycles. The maximum absolute atomic E-state index is 12.9. The van der Waals surface area contributed by atoms with Gasteiger partial charge in [0.05, 0.1) is 22.9 Å². The van der Waals surface area contributed by atoms with Gasteiger partial charge in [-0.3, -0.25) is 9.48 Å². The first kappa shape index (κ1) is 17.0. The highest BCUT2D eigenvalue weighted by Gasteiger charge is 2.25. The Hall–Kier alpha value is -2.87. The maximum atomic E-state index is 12.9. The summed E-state index contributed by atoms with van der Waals surface area (Å²) in [6.45, 7) is 7.95. The molecule has 1 aromatic heterocycles. The van der Waals surface area contributed by atoms with Gasteiger partial charge in [0.25, 0.3) is 5.91 Å². The van der Waals surface area contributed by atoms with Crippen molar-refractivity contribution in [2.24, 2.45) is 0 Å². The van der Waals surface area contributed by atoms with E-state index in [1.54, 1.807) is 0 Å². The molecular weight excluding hydrogens is 312 g/mol. The number of rotatable bonds is 3. The molecule has 0 fully saturated rings. The highest BCUT2D eigenvalue weighted by Crippen LogP contribution is 2.24. The molecule has 1 aliphatic heterocycles. The van der Waals surface area contributed by atoms with E-state index in [-0.39, 0.29) is 5.91 Å². The molecule has 128 valence electrons. The average Bonchev–Trinajstić information content (AvgIpc) is 2.95. The molecule has 2 aromatic rings. The van der Waals surface area contributed by atoms with Gasteiger partial charge in [-0.25, -0.2) is 0 Å². The number of aryl methyl sites for hydroxylation is 2. The zero-order chi connectivity index (χ0) is 18.0. The van der Waals surface area contributed by atoms with Crippen LogP contribution in [0.4, 0.5) is 0 Å². The Bertz CT molecular complexity index is 868. The number of carbonyl (C=O) groups excluding carboxylic acids is 1. The van der Waals surface area contributed by atoms with Crippen LogP contribution in [-0.2, 0) is 6.54 Å². The summed E-state index contributed by atoms with van der Waals surface area (Å²) in [5, 5.41) is 13.3. The number of hydrogen-bond donors (Lipinski definition) is 0. The van der Waals surface area contributed by atoms with E-state index >= 15 is 0 Å². The zero-order valence-corrected chi connectivity index (χ0v) is 14.9. The van der Waals surface area contributed by atoms with Crippen LogP contribution in [0.1, 0.15) is 46.2 Å². The zero-order valence-electron chi connectivity index (χ0n) is 14.9. The molecule has 0 saturated carbocycles. The third-order valence-corrected chi connectivity index (χ3v) is 4.78. The summed E-state index contributed by atoms with van der Waals surface area (Å²) in [4.78, 5) is 14.8. The Kier molecular flexibility index (Phi) is 4.71. The lowest BCUT2D eigenvalue weighted by atomic mass is 9.98. The Labute approximate surface area is 148 Å². The van der Waals surface area contributed by atoms with E-state index in [0.29, 0.717) is 18.7 Å². The first-order valence-corrected chi connectivity index (χ1v) is 8.58. The predicted octanol–water partition coefficient (Wildman–Crippen LogP) is 3.32. The molecule has 5 heteroatoms. The SMILES string of the molecule is CCn1nc(C)c(C(=O)N2CC=C(c3ccc(C#N)cc3)CC2)c1C. The van der Waals surface area contributed by atoms with E-state index in [1.807, 2.05) is 54.6 Å². The summed E-state index contributed by atoms with van der Waals surface area (Å²) in [6, 6.07) is 9.75. The van der Waals surface area contributed by atoms with Crippen molar-refractivity contribution in [2.75, 3.05) is 13.1 Å². The number of nitrogens with zero attached hydrogens (tertiary/aromatic N) is 4. The van der Waals surface area contributed by atoms with E-state index in [9.17, 15) is 4.79 Å². The number of carbonyl (C=O) groups is 1. The van der Waals surface area contributed by atoms with Gasteiger partial charge >= 0.3 is 0 Å². The maximum Gasteiger partial charge on any atom is 0.257 e. The Balaban J connectivity index is 1.77. The Morgan fingerprint density at radius 2 is 2.00 bits per heavy atom. The standard InChI is InChI=1S/C20H22N4O/c1-4-24-15(3)19(14(2)22-24)20(25)23-11-9-18(10-12-23)17-7-5-16(13-21)6-8-17/h5-9H,4,10-12H2,1-3H3. The number of aromatic nitrogens is 2. The highest BCUT2D eigenvalue weighted by molar-refractivity contribution is 5.97. The number of nitriles is 1. The van der Waals surface area contributed by atoms with Gasteiger partial charge in [0.1, 0.15) is 0 Å². The molecule has 0 spiro atoms. The second-order valence-electron chi connectivity index (χ2n) is 6.28. The van der Waals surface area contributed by atoms with Crippen LogP contribution >= 0.6 is 0 Å². The minimum atomic E-state index is 0.0600. The Morgan fingerprint density at radius 1 is 1.28 bits per heavy atom. The molecule has 0 unspecified atom stereocenters. The van der Waals surface area contributed by atoms with Gasteiger partial charge in [0, 0.05) is 25.3 Å². The van der Waals surface area contributed by atoms with E-state index in [4.69, 9.17) is 5.26 Å². The van der Waals surface area contributed by atoms with Gasteiger partial charge in [0.15, 0.2) is 0 Å². The Morgan fingerprint density at radius 3 is 2.52 bits per heavy atom. The van der Waals surface area contributed by atoms with Crippen LogP contribution < -0.4 is 0 Å². The monoisotopic (exact) mass is 334 g/mol. The lowest BCUT2D eigenvalue weighted by molar-refractivity contribution is 0.0771. The van der Waals surface area contributed by atoms with E-state index < -0.39 is 0 Å². The van der Waals surface area contributed by atoms with Crippen molar-refractivity contribution < 1.29 is 4.79 Å². The fourth-order valence-corrected chi connectivity index (χ4v) is 3.35. The summed E-state index contributed by atoms with van der Waals surface area (Å²) in [5.41, 5.74) is 5.48. The van der Waals surface area contributed by atoms with Crippen LogP contribution in [0.2, 0.25) is 0 Å². The van der Waals surface area contributed by atoms with Gasteiger partial charge in [-0.2, -0.15) is 10.4 Å². The van der Waals surface area contributed by atoms with Gasteiger partial charge < -0.3 is 4.90 Å². The largest absolute Gasteiger partial charge is 0.334 e. The van der Waals surface area contributed by atoms with Crippen molar-refractivity contribution in [1.29, 1.82) is 5.26 Å². The normalized spacial score (nSPS) is 14.2.